The topological polar surface area (TPSA) is 57.6 Å². The second-order valence-electron chi connectivity index (χ2n) is 8.43. The summed E-state index contributed by atoms with van der Waals surface area (Å²) in [5.41, 5.74) is 2.39. The van der Waals surface area contributed by atoms with Crippen molar-refractivity contribution >= 4 is 11.9 Å². The maximum absolute atomic E-state index is 12.9. The van der Waals surface area contributed by atoms with Crippen molar-refractivity contribution in [3.8, 4) is 0 Å². The Labute approximate surface area is 155 Å². The molecule has 0 aromatic heterocycles. The predicted octanol–water partition coefficient (Wildman–Crippen LogP) is 3.85. The fourth-order valence-electron chi connectivity index (χ4n) is 5.55. The maximum Gasteiger partial charge on any atom is 0.307 e. The number of aliphatic carboxylic acids is 1. The lowest BCUT2D eigenvalue weighted by atomic mass is 9.75. The molecule has 1 aromatic rings. The Morgan fingerprint density at radius 1 is 1.08 bits per heavy atom. The number of rotatable bonds is 4. The molecule has 4 rings (SSSR count). The van der Waals surface area contributed by atoms with Crippen molar-refractivity contribution < 1.29 is 14.7 Å². The van der Waals surface area contributed by atoms with Crippen LogP contribution in [0.3, 0.4) is 0 Å². The normalized spacial score (nSPS) is 28.9. The van der Waals surface area contributed by atoms with Gasteiger partial charge < -0.3 is 10.0 Å². The summed E-state index contributed by atoms with van der Waals surface area (Å²) in [7, 11) is 0. The van der Waals surface area contributed by atoms with E-state index in [9.17, 15) is 14.7 Å². The number of carbonyl (C=O) groups excluding carboxylic acids is 1. The molecule has 26 heavy (non-hydrogen) atoms. The van der Waals surface area contributed by atoms with Gasteiger partial charge in [0.1, 0.15) is 0 Å². The fraction of sp³-hybridized carbons (Fsp3) is 0.636. The standard InChI is InChI=1S/C22H29NO3/c24-21(23-12-11-15-5-1-2-7-17(15)14-23)13-20(22(25)26)19-10-9-16-6-3-4-8-18(16)19/h3-4,6,8,15,17,19-20H,1-2,5,7,9-14H2,(H,25,26)/t15-,17+,19-,20?/m1/s1. The molecule has 1 N–H and O–H groups in total. The molecule has 2 aliphatic carbocycles. The lowest BCUT2D eigenvalue weighted by Gasteiger charge is -2.41. The third kappa shape index (κ3) is 3.38. The Hall–Kier alpha value is -1.84. The lowest BCUT2D eigenvalue weighted by molar-refractivity contribution is -0.147. The molecule has 1 unspecified atom stereocenters. The van der Waals surface area contributed by atoms with E-state index in [1.54, 1.807) is 0 Å². The van der Waals surface area contributed by atoms with Crippen LogP contribution in [0.1, 0.15) is 62.0 Å². The van der Waals surface area contributed by atoms with Crippen molar-refractivity contribution in [2.75, 3.05) is 13.1 Å². The minimum Gasteiger partial charge on any atom is -0.481 e. The number of aryl methyl sites for hydroxylation is 1. The van der Waals surface area contributed by atoms with Gasteiger partial charge in [-0.25, -0.2) is 0 Å². The second-order valence-corrected chi connectivity index (χ2v) is 8.43. The van der Waals surface area contributed by atoms with Gasteiger partial charge in [-0.1, -0.05) is 43.5 Å². The van der Waals surface area contributed by atoms with E-state index in [0.717, 1.165) is 43.8 Å². The quantitative estimate of drug-likeness (QED) is 0.892. The largest absolute Gasteiger partial charge is 0.481 e. The first-order valence-corrected chi connectivity index (χ1v) is 10.2. The number of carboxylic acid groups (broad SMARTS) is 1. The van der Waals surface area contributed by atoms with Crippen LogP contribution in [-0.4, -0.2) is 35.0 Å². The SMILES string of the molecule is O=C(O)C(CC(=O)N1CC[C@H]2CCCC[C@H]2C1)[C@@H]1CCc2ccccc21. The maximum atomic E-state index is 12.9. The number of hydrogen-bond acceptors (Lipinski definition) is 2. The Morgan fingerprint density at radius 3 is 2.65 bits per heavy atom. The summed E-state index contributed by atoms with van der Waals surface area (Å²) in [6.45, 7) is 1.66. The molecule has 140 valence electrons. The van der Waals surface area contributed by atoms with Gasteiger partial charge in [-0.3, -0.25) is 9.59 Å². The minimum absolute atomic E-state index is 0.0279. The first-order valence-electron chi connectivity index (χ1n) is 10.2. The Kier molecular flexibility index (Phi) is 5.01. The van der Waals surface area contributed by atoms with Crippen LogP contribution in [0, 0.1) is 17.8 Å². The highest BCUT2D eigenvalue weighted by Crippen LogP contribution is 2.41. The van der Waals surface area contributed by atoms with E-state index >= 15 is 0 Å². The van der Waals surface area contributed by atoms with Crippen LogP contribution in [0.15, 0.2) is 24.3 Å². The molecule has 4 heteroatoms. The number of benzene rings is 1. The van der Waals surface area contributed by atoms with Crippen molar-refractivity contribution in [2.24, 2.45) is 17.8 Å². The molecule has 3 aliphatic rings. The highest BCUT2D eigenvalue weighted by molar-refractivity contribution is 5.83. The minimum atomic E-state index is -0.826. The third-order valence-electron chi connectivity index (χ3n) is 7.02. The first-order chi connectivity index (χ1) is 12.6. The summed E-state index contributed by atoms with van der Waals surface area (Å²) in [6.07, 6.45) is 8.15. The second kappa shape index (κ2) is 7.42. The molecule has 1 heterocycles. The van der Waals surface area contributed by atoms with Gasteiger partial charge in [0.25, 0.3) is 0 Å². The van der Waals surface area contributed by atoms with Crippen LogP contribution in [0.2, 0.25) is 0 Å². The van der Waals surface area contributed by atoms with E-state index in [1.807, 2.05) is 23.1 Å². The Morgan fingerprint density at radius 2 is 1.85 bits per heavy atom. The molecule has 1 saturated heterocycles. The van der Waals surface area contributed by atoms with E-state index in [1.165, 1.54) is 31.2 Å². The van der Waals surface area contributed by atoms with Gasteiger partial charge in [-0.05, 0) is 54.6 Å². The molecule has 0 spiro atoms. The van der Waals surface area contributed by atoms with Gasteiger partial charge in [-0.15, -0.1) is 0 Å². The Balaban J connectivity index is 1.44. The van der Waals surface area contributed by atoms with Gasteiger partial charge in [0.15, 0.2) is 0 Å². The summed E-state index contributed by atoms with van der Waals surface area (Å²) in [5.74, 6) is 0.00947. The average molecular weight is 355 g/mol. The van der Waals surface area contributed by atoms with Crippen molar-refractivity contribution in [3.63, 3.8) is 0 Å². The van der Waals surface area contributed by atoms with Crippen LogP contribution in [0.25, 0.3) is 0 Å². The highest BCUT2D eigenvalue weighted by Gasteiger charge is 2.38. The molecule has 4 atom stereocenters. The molecule has 2 fully saturated rings. The van der Waals surface area contributed by atoms with Crippen molar-refractivity contribution in [3.05, 3.63) is 35.4 Å². The molecule has 1 aliphatic heterocycles. The van der Waals surface area contributed by atoms with E-state index in [2.05, 4.69) is 6.07 Å². The van der Waals surface area contributed by atoms with Crippen LogP contribution < -0.4 is 0 Å². The molecule has 1 amide bonds. The number of carbonyl (C=O) groups is 2. The number of nitrogens with zero attached hydrogens (tertiary/aromatic N) is 1. The van der Waals surface area contributed by atoms with Crippen LogP contribution in [0.5, 0.6) is 0 Å². The zero-order chi connectivity index (χ0) is 18.1. The summed E-state index contributed by atoms with van der Waals surface area (Å²) in [4.78, 5) is 26.9. The molecular formula is C22H29NO3. The van der Waals surface area contributed by atoms with Crippen molar-refractivity contribution in [2.45, 2.75) is 57.3 Å². The first kappa shape index (κ1) is 17.6. The monoisotopic (exact) mass is 355 g/mol. The number of amides is 1. The van der Waals surface area contributed by atoms with Gasteiger partial charge in [0, 0.05) is 19.5 Å². The predicted molar refractivity (Wildman–Crippen MR) is 99.9 cm³/mol. The van der Waals surface area contributed by atoms with E-state index in [4.69, 9.17) is 0 Å². The highest BCUT2D eigenvalue weighted by atomic mass is 16.4. The number of carboxylic acids is 1. The number of hydrogen-bond donors (Lipinski definition) is 1. The molecule has 0 bridgehead atoms. The van der Waals surface area contributed by atoms with Gasteiger partial charge >= 0.3 is 5.97 Å². The zero-order valence-electron chi connectivity index (χ0n) is 15.4. The third-order valence-corrected chi connectivity index (χ3v) is 7.02. The fourth-order valence-corrected chi connectivity index (χ4v) is 5.55. The summed E-state index contributed by atoms with van der Waals surface area (Å²) in [5, 5.41) is 9.82. The van der Waals surface area contributed by atoms with Crippen LogP contribution in [0.4, 0.5) is 0 Å². The number of likely N-dealkylation sites (tertiary alicyclic amines) is 1. The molecule has 0 radical (unpaired) electrons. The molecule has 1 saturated carbocycles. The summed E-state index contributed by atoms with van der Waals surface area (Å²) < 4.78 is 0. The van der Waals surface area contributed by atoms with E-state index < -0.39 is 11.9 Å². The summed E-state index contributed by atoms with van der Waals surface area (Å²) in [6, 6.07) is 8.12. The Bertz CT molecular complexity index is 686. The summed E-state index contributed by atoms with van der Waals surface area (Å²) >= 11 is 0. The number of piperidine rings is 1. The van der Waals surface area contributed by atoms with Crippen molar-refractivity contribution in [1.82, 2.24) is 4.90 Å². The lowest BCUT2D eigenvalue weighted by Crippen LogP contribution is -2.45. The smallest absolute Gasteiger partial charge is 0.307 e. The van der Waals surface area contributed by atoms with Crippen molar-refractivity contribution in [1.29, 1.82) is 0 Å². The molecule has 1 aromatic carbocycles. The molecule has 4 nitrogen and oxygen atoms in total. The van der Waals surface area contributed by atoms with E-state index in [0.29, 0.717) is 5.92 Å². The average Bonchev–Trinajstić information content (AvgIpc) is 3.09. The van der Waals surface area contributed by atoms with E-state index in [-0.39, 0.29) is 18.2 Å². The van der Waals surface area contributed by atoms with Gasteiger partial charge in [0.2, 0.25) is 5.91 Å². The molecular weight excluding hydrogens is 326 g/mol. The van der Waals surface area contributed by atoms with Gasteiger partial charge in [0.05, 0.1) is 5.92 Å². The zero-order valence-corrected chi connectivity index (χ0v) is 15.4. The number of fused-ring (bicyclic) bond motifs is 2. The van der Waals surface area contributed by atoms with Crippen LogP contribution >= 0.6 is 0 Å². The van der Waals surface area contributed by atoms with Crippen LogP contribution in [-0.2, 0) is 16.0 Å². The van der Waals surface area contributed by atoms with Gasteiger partial charge in [-0.2, -0.15) is 0 Å².